The van der Waals surface area contributed by atoms with Gasteiger partial charge in [0.25, 0.3) is 5.91 Å². The molecule has 30 heavy (non-hydrogen) atoms. The monoisotopic (exact) mass is 450 g/mol. The Morgan fingerprint density at radius 3 is 2.57 bits per heavy atom. The molecule has 1 aromatic carbocycles. The zero-order chi connectivity index (χ0) is 21.9. The molecule has 2 N–H and O–H groups in total. The van der Waals surface area contributed by atoms with Crippen molar-refractivity contribution in [1.82, 2.24) is 10.2 Å². The number of aliphatic carboxylic acids is 1. The lowest BCUT2D eigenvalue weighted by Gasteiger charge is -2.14. The standard InChI is InChI=1S/C21H26N2O5S2/c1-28-16-10-8-15(9-11-16)14-17-20(27)23(21(29)30-17)13-5-6-18(24)22-12-4-2-3-7-19(25)26/h8-11,14H,2-7,12-13H2,1H3,(H,22,24)(H,25,26)/b17-14-. The molecule has 1 fully saturated rings. The van der Waals surface area contributed by atoms with Gasteiger partial charge in [-0.2, -0.15) is 0 Å². The molecule has 7 nitrogen and oxygen atoms in total. The fourth-order valence-electron chi connectivity index (χ4n) is 2.84. The van der Waals surface area contributed by atoms with Gasteiger partial charge in [0, 0.05) is 25.9 Å². The van der Waals surface area contributed by atoms with E-state index in [0.29, 0.717) is 41.6 Å². The SMILES string of the molecule is COc1ccc(/C=C2\SC(=S)N(CCCC(=O)NCCCCCC(=O)O)C2=O)cc1. The summed E-state index contributed by atoms with van der Waals surface area (Å²) in [6.07, 6.45) is 4.93. The number of hydrogen-bond acceptors (Lipinski definition) is 6. The molecule has 2 amide bonds. The molecular weight excluding hydrogens is 424 g/mol. The highest BCUT2D eigenvalue weighted by Crippen LogP contribution is 2.32. The number of hydrogen-bond donors (Lipinski definition) is 2. The summed E-state index contributed by atoms with van der Waals surface area (Å²) in [5.41, 5.74) is 0.888. The molecule has 9 heteroatoms. The highest BCUT2D eigenvalue weighted by Gasteiger charge is 2.31. The lowest BCUT2D eigenvalue weighted by molar-refractivity contribution is -0.137. The van der Waals surface area contributed by atoms with Crippen LogP contribution in [0.4, 0.5) is 0 Å². The predicted molar refractivity (Wildman–Crippen MR) is 121 cm³/mol. The van der Waals surface area contributed by atoms with Gasteiger partial charge in [0.2, 0.25) is 5.91 Å². The average Bonchev–Trinajstić information content (AvgIpc) is 2.98. The molecule has 0 bridgehead atoms. The Hall–Kier alpha value is -2.39. The Morgan fingerprint density at radius 2 is 1.90 bits per heavy atom. The van der Waals surface area contributed by atoms with E-state index in [-0.39, 0.29) is 18.2 Å². The van der Waals surface area contributed by atoms with Crippen LogP contribution in [0.2, 0.25) is 0 Å². The minimum atomic E-state index is -0.798. The first kappa shape index (κ1) is 23.9. The van der Waals surface area contributed by atoms with Crippen LogP contribution in [-0.2, 0) is 14.4 Å². The molecule has 1 heterocycles. The van der Waals surface area contributed by atoms with Gasteiger partial charge in [-0.15, -0.1) is 0 Å². The van der Waals surface area contributed by atoms with Gasteiger partial charge in [-0.1, -0.05) is 42.5 Å². The molecule has 1 aromatic rings. The molecule has 1 aliphatic rings. The van der Waals surface area contributed by atoms with Crippen LogP contribution >= 0.6 is 24.0 Å². The average molecular weight is 451 g/mol. The van der Waals surface area contributed by atoms with E-state index in [0.717, 1.165) is 24.2 Å². The first-order chi connectivity index (χ1) is 14.4. The normalized spacial score (nSPS) is 15.0. The molecule has 1 saturated heterocycles. The maximum absolute atomic E-state index is 12.6. The van der Waals surface area contributed by atoms with E-state index in [1.165, 1.54) is 16.7 Å². The summed E-state index contributed by atoms with van der Waals surface area (Å²) in [5, 5.41) is 11.4. The molecule has 1 aliphatic heterocycles. The van der Waals surface area contributed by atoms with Crippen molar-refractivity contribution in [2.75, 3.05) is 20.2 Å². The summed E-state index contributed by atoms with van der Waals surface area (Å²) in [7, 11) is 1.60. The molecule has 162 valence electrons. The van der Waals surface area contributed by atoms with Gasteiger partial charge < -0.3 is 15.2 Å². The number of thiocarbonyl (C=S) groups is 1. The van der Waals surface area contributed by atoms with Gasteiger partial charge in [0.15, 0.2) is 0 Å². The first-order valence-electron chi connectivity index (χ1n) is 9.78. The van der Waals surface area contributed by atoms with Crippen LogP contribution < -0.4 is 10.1 Å². The number of rotatable bonds is 12. The number of methoxy groups -OCH3 is 1. The number of nitrogens with one attached hydrogen (secondary N) is 1. The number of thioether (sulfide) groups is 1. The van der Waals surface area contributed by atoms with Crippen molar-refractivity contribution in [2.24, 2.45) is 0 Å². The molecule has 0 spiro atoms. The number of carbonyl (C=O) groups is 3. The largest absolute Gasteiger partial charge is 0.497 e. The van der Waals surface area contributed by atoms with E-state index in [2.05, 4.69) is 5.32 Å². The Balaban J connectivity index is 1.72. The van der Waals surface area contributed by atoms with E-state index in [1.54, 1.807) is 13.2 Å². The maximum Gasteiger partial charge on any atom is 0.303 e. The molecule has 0 aromatic heterocycles. The number of carboxylic acid groups (broad SMARTS) is 1. The van der Waals surface area contributed by atoms with Crippen molar-refractivity contribution >= 4 is 52.2 Å². The first-order valence-corrected chi connectivity index (χ1v) is 11.0. The summed E-state index contributed by atoms with van der Waals surface area (Å²) < 4.78 is 5.63. The lowest BCUT2D eigenvalue weighted by atomic mass is 10.2. The second-order valence-electron chi connectivity index (χ2n) is 6.76. The van der Waals surface area contributed by atoms with Crippen molar-refractivity contribution in [1.29, 1.82) is 0 Å². The minimum absolute atomic E-state index is 0.0764. The summed E-state index contributed by atoms with van der Waals surface area (Å²) in [6, 6.07) is 7.41. The number of benzene rings is 1. The Bertz CT molecular complexity index is 808. The van der Waals surface area contributed by atoms with Crippen LogP contribution in [0.15, 0.2) is 29.2 Å². The smallest absolute Gasteiger partial charge is 0.303 e. The van der Waals surface area contributed by atoms with Crippen molar-refractivity contribution in [3.63, 3.8) is 0 Å². The topological polar surface area (TPSA) is 95.9 Å². The molecular formula is C21H26N2O5S2. The summed E-state index contributed by atoms with van der Waals surface area (Å²) in [6.45, 7) is 0.931. The highest BCUT2D eigenvalue weighted by atomic mass is 32.2. The number of carboxylic acids is 1. The van der Waals surface area contributed by atoms with Crippen LogP contribution in [-0.4, -0.2) is 52.3 Å². The van der Waals surface area contributed by atoms with Gasteiger partial charge in [-0.3, -0.25) is 19.3 Å². The van der Waals surface area contributed by atoms with Gasteiger partial charge in [-0.05, 0) is 43.0 Å². The second-order valence-corrected chi connectivity index (χ2v) is 8.44. The van der Waals surface area contributed by atoms with Gasteiger partial charge >= 0.3 is 5.97 Å². The number of ether oxygens (including phenoxy) is 1. The fraction of sp³-hybridized carbons (Fsp3) is 0.429. The molecule has 0 aliphatic carbocycles. The highest BCUT2D eigenvalue weighted by molar-refractivity contribution is 8.26. The van der Waals surface area contributed by atoms with Gasteiger partial charge in [-0.25, -0.2) is 0 Å². The maximum atomic E-state index is 12.6. The molecule has 0 unspecified atom stereocenters. The Kier molecular flexibility index (Phi) is 9.82. The van der Waals surface area contributed by atoms with Crippen LogP contribution in [0.3, 0.4) is 0 Å². The van der Waals surface area contributed by atoms with Crippen molar-refractivity contribution < 1.29 is 24.2 Å². The van der Waals surface area contributed by atoms with E-state index >= 15 is 0 Å². The van der Waals surface area contributed by atoms with E-state index in [9.17, 15) is 14.4 Å². The summed E-state index contributed by atoms with van der Waals surface area (Å²) in [5.74, 6) is -0.265. The lowest BCUT2D eigenvalue weighted by Crippen LogP contribution is -2.30. The predicted octanol–water partition coefficient (Wildman–Crippen LogP) is 3.44. The third kappa shape index (κ3) is 7.79. The van der Waals surface area contributed by atoms with E-state index in [1.807, 2.05) is 24.3 Å². The summed E-state index contributed by atoms with van der Waals surface area (Å²) >= 11 is 6.59. The third-order valence-electron chi connectivity index (χ3n) is 4.46. The minimum Gasteiger partial charge on any atom is -0.497 e. The second kappa shape index (κ2) is 12.3. The Morgan fingerprint density at radius 1 is 1.17 bits per heavy atom. The zero-order valence-electron chi connectivity index (χ0n) is 16.9. The van der Waals surface area contributed by atoms with Crippen molar-refractivity contribution in [2.45, 2.75) is 38.5 Å². The van der Waals surface area contributed by atoms with Crippen LogP contribution in [0.5, 0.6) is 5.75 Å². The molecule has 0 radical (unpaired) electrons. The van der Waals surface area contributed by atoms with Crippen LogP contribution in [0, 0.1) is 0 Å². The number of nitrogens with zero attached hydrogens (tertiary/aromatic N) is 1. The zero-order valence-corrected chi connectivity index (χ0v) is 18.5. The van der Waals surface area contributed by atoms with Gasteiger partial charge in [0.1, 0.15) is 10.1 Å². The number of carbonyl (C=O) groups excluding carboxylic acids is 2. The fourth-order valence-corrected chi connectivity index (χ4v) is 4.14. The van der Waals surface area contributed by atoms with E-state index in [4.69, 9.17) is 22.1 Å². The van der Waals surface area contributed by atoms with Crippen molar-refractivity contribution in [3.8, 4) is 5.75 Å². The molecule has 0 saturated carbocycles. The van der Waals surface area contributed by atoms with Gasteiger partial charge in [0.05, 0.1) is 12.0 Å². The summed E-state index contributed by atoms with van der Waals surface area (Å²) in [4.78, 5) is 37.1. The number of amides is 2. The van der Waals surface area contributed by atoms with E-state index < -0.39 is 5.97 Å². The molecule has 0 atom stereocenters. The number of unbranched alkanes of at least 4 members (excludes halogenated alkanes) is 2. The van der Waals surface area contributed by atoms with Crippen molar-refractivity contribution in [3.05, 3.63) is 34.7 Å². The van der Waals surface area contributed by atoms with Crippen LogP contribution in [0.25, 0.3) is 6.08 Å². The molecule has 2 rings (SSSR count). The quantitative estimate of drug-likeness (QED) is 0.286. The third-order valence-corrected chi connectivity index (χ3v) is 5.84. The Labute approximate surface area is 185 Å². The van der Waals surface area contributed by atoms with Crippen LogP contribution in [0.1, 0.15) is 44.1 Å².